The van der Waals surface area contributed by atoms with Gasteiger partial charge in [0.15, 0.2) is 11.5 Å². The molecule has 2 N–H and O–H groups in total. The molecule has 114 valence electrons. The average molecular weight is 312 g/mol. The summed E-state index contributed by atoms with van der Waals surface area (Å²) in [6.07, 6.45) is 5.31. The zero-order valence-corrected chi connectivity index (χ0v) is 12.6. The van der Waals surface area contributed by atoms with Gasteiger partial charge in [-0.25, -0.2) is 9.50 Å². The Hall–Kier alpha value is -3.72. The first-order chi connectivity index (χ1) is 11.8. The molecule has 0 unspecified atom stereocenters. The van der Waals surface area contributed by atoms with Crippen molar-refractivity contribution >= 4 is 11.5 Å². The van der Waals surface area contributed by atoms with Crippen molar-refractivity contribution in [3.05, 3.63) is 66.6 Å². The van der Waals surface area contributed by atoms with Gasteiger partial charge in [-0.15, -0.1) is 5.10 Å². The van der Waals surface area contributed by atoms with E-state index in [4.69, 9.17) is 11.0 Å². The molecule has 3 heterocycles. The molecule has 0 saturated carbocycles. The smallest absolute Gasteiger partial charge is 0.166 e. The number of rotatable bonds is 2. The Labute approximate surface area is 137 Å². The van der Waals surface area contributed by atoms with E-state index in [0.29, 0.717) is 22.6 Å². The van der Waals surface area contributed by atoms with Crippen molar-refractivity contribution in [2.24, 2.45) is 0 Å². The van der Waals surface area contributed by atoms with Crippen LogP contribution in [0.25, 0.3) is 28.0 Å². The summed E-state index contributed by atoms with van der Waals surface area (Å²) >= 11 is 0. The topological polar surface area (TPSA) is 92.9 Å². The summed E-state index contributed by atoms with van der Waals surface area (Å²) in [5, 5.41) is 13.4. The van der Waals surface area contributed by atoms with Gasteiger partial charge in [0.05, 0.1) is 22.9 Å². The van der Waals surface area contributed by atoms with Gasteiger partial charge in [-0.05, 0) is 29.8 Å². The molecule has 0 atom stereocenters. The van der Waals surface area contributed by atoms with Crippen molar-refractivity contribution in [1.82, 2.24) is 19.6 Å². The van der Waals surface area contributed by atoms with Crippen LogP contribution in [-0.4, -0.2) is 19.6 Å². The standard InChI is InChI=1S/C18H12N6/c19-9-12-4-3-5-13(8-12)14-10-22-18-16(15-6-1-2-7-21-15)17(20)23-24(18)11-14/h1-8,10-11H,(H2,20,23). The number of fused-ring (bicyclic) bond motifs is 1. The van der Waals surface area contributed by atoms with Crippen molar-refractivity contribution in [2.75, 3.05) is 5.73 Å². The van der Waals surface area contributed by atoms with E-state index in [1.165, 1.54) is 0 Å². The van der Waals surface area contributed by atoms with Crippen LogP contribution in [0.3, 0.4) is 0 Å². The first-order valence-corrected chi connectivity index (χ1v) is 7.32. The lowest BCUT2D eigenvalue weighted by Crippen LogP contribution is -1.93. The third kappa shape index (κ3) is 2.25. The highest BCUT2D eigenvalue weighted by Crippen LogP contribution is 2.29. The highest BCUT2D eigenvalue weighted by molar-refractivity contribution is 5.84. The molecule has 0 fully saturated rings. The van der Waals surface area contributed by atoms with Crippen LogP contribution in [0.15, 0.2) is 61.1 Å². The fourth-order valence-corrected chi connectivity index (χ4v) is 2.63. The molecular weight excluding hydrogens is 300 g/mol. The Kier molecular flexibility index (Phi) is 3.18. The Bertz CT molecular complexity index is 1080. The van der Waals surface area contributed by atoms with E-state index in [1.807, 2.05) is 42.6 Å². The number of pyridine rings is 1. The average Bonchev–Trinajstić information content (AvgIpc) is 2.97. The summed E-state index contributed by atoms with van der Waals surface area (Å²) in [4.78, 5) is 8.83. The van der Waals surface area contributed by atoms with Crippen LogP contribution in [0.4, 0.5) is 5.82 Å². The molecular formula is C18H12N6. The molecule has 1 aromatic carbocycles. The number of hydrogen-bond acceptors (Lipinski definition) is 5. The fraction of sp³-hybridized carbons (Fsp3) is 0. The van der Waals surface area contributed by atoms with E-state index >= 15 is 0 Å². The van der Waals surface area contributed by atoms with E-state index in [9.17, 15) is 0 Å². The second kappa shape index (κ2) is 5.48. The van der Waals surface area contributed by atoms with E-state index in [1.54, 1.807) is 23.0 Å². The highest BCUT2D eigenvalue weighted by Gasteiger charge is 2.15. The molecule has 4 aromatic rings. The lowest BCUT2D eigenvalue weighted by atomic mass is 10.1. The molecule has 0 amide bonds. The van der Waals surface area contributed by atoms with E-state index < -0.39 is 0 Å². The van der Waals surface area contributed by atoms with Crippen LogP contribution in [0, 0.1) is 11.3 Å². The number of benzene rings is 1. The molecule has 0 bridgehead atoms. The molecule has 0 saturated heterocycles. The number of nitrogens with zero attached hydrogens (tertiary/aromatic N) is 5. The van der Waals surface area contributed by atoms with Crippen LogP contribution in [0.2, 0.25) is 0 Å². The highest BCUT2D eigenvalue weighted by atomic mass is 15.3. The summed E-state index contributed by atoms with van der Waals surface area (Å²) in [6.45, 7) is 0. The van der Waals surface area contributed by atoms with Crippen molar-refractivity contribution in [2.45, 2.75) is 0 Å². The normalized spacial score (nSPS) is 10.6. The van der Waals surface area contributed by atoms with Gasteiger partial charge in [-0.1, -0.05) is 18.2 Å². The maximum Gasteiger partial charge on any atom is 0.166 e. The Balaban J connectivity index is 1.88. The van der Waals surface area contributed by atoms with Crippen LogP contribution < -0.4 is 5.73 Å². The lowest BCUT2D eigenvalue weighted by molar-refractivity contribution is 0.947. The van der Waals surface area contributed by atoms with Gasteiger partial charge in [0.2, 0.25) is 0 Å². The van der Waals surface area contributed by atoms with Crippen molar-refractivity contribution in [3.63, 3.8) is 0 Å². The molecule has 3 aromatic heterocycles. The molecule has 6 heteroatoms. The predicted octanol–water partition coefficient (Wildman–Crippen LogP) is 2.91. The SMILES string of the molecule is N#Cc1cccc(-c2cnc3c(-c4ccccn4)c(N)nn3c2)c1. The number of hydrogen-bond donors (Lipinski definition) is 1. The molecule has 0 aliphatic rings. The number of nitrogens with two attached hydrogens (primary N) is 1. The Morgan fingerprint density at radius 1 is 1.04 bits per heavy atom. The maximum absolute atomic E-state index is 9.04. The van der Waals surface area contributed by atoms with Gasteiger partial charge in [-0.3, -0.25) is 4.98 Å². The number of aromatic nitrogens is 4. The molecule has 4 rings (SSSR count). The van der Waals surface area contributed by atoms with Gasteiger partial charge in [0.1, 0.15) is 0 Å². The largest absolute Gasteiger partial charge is 0.382 e. The molecule has 0 aliphatic carbocycles. The predicted molar refractivity (Wildman–Crippen MR) is 90.8 cm³/mol. The van der Waals surface area contributed by atoms with Gasteiger partial charge in [-0.2, -0.15) is 5.26 Å². The van der Waals surface area contributed by atoms with E-state index in [-0.39, 0.29) is 0 Å². The summed E-state index contributed by atoms with van der Waals surface area (Å²) < 4.78 is 1.65. The minimum absolute atomic E-state index is 0.379. The summed E-state index contributed by atoms with van der Waals surface area (Å²) in [6, 6.07) is 15.1. The molecule has 0 aliphatic heterocycles. The third-order valence-electron chi connectivity index (χ3n) is 3.75. The Morgan fingerprint density at radius 2 is 1.96 bits per heavy atom. The van der Waals surface area contributed by atoms with Crippen LogP contribution in [-0.2, 0) is 0 Å². The second-order valence-electron chi connectivity index (χ2n) is 5.28. The van der Waals surface area contributed by atoms with Crippen molar-refractivity contribution in [1.29, 1.82) is 5.26 Å². The first-order valence-electron chi connectivity index (χ1n) is 7.32. The molecule has 0 spiro atoms. The zero-order valence-electron chi connectivity index (χ0n) is 12.6. The van der Waals surface area contributed by atoms with Gasteiger partial charge < -0.3 is 5.73 Å². The van der Waals surface area contributed by atoms with Crippen molar-refractivity contribution in [3.8, 4) is 28.5 Å². The summed E-state index contributed by atoms with van der Waals surface area (Å²) in [7, 11) is 0. The van der Waals surface area contributed by atoms with Gasteiger partial charge in [0.25, 0.3) is 0 Å². The third-order valence-corrected chi connectivity index (χ3v) is 3.75. The van der Waals surface area contributed by atoms with Gasteiger partial charge in [0, 0.05) is 24.2 Å². The lowest BCUT2D eigenvalue weighted by Gasteiger charge is -2.03. The number of nitriles is 1. The second-order valence-corrected chi connectivity index (χ2v) is 5.28. The first kappa shape index (κ1) is 13.9. The quantitative estimate of drug-likeness (QED) is 0.614. The fourth-order valence-electron chi connectivity index (χ4n) is 2.63. The van der Waals surface area contributed by atoms with E-state index in [0.717, 1.165) is 16.8 Å². The van der Waals surface area contributed by atoms with Crippen LogP contribution >= 0.6 is 0 Å². The minimum atomic E-state index is 0.379. The van der Waals surface area contributed by atoms with E-state index in [2.05, 4.69) is 21.1 Å². The minimum Gasteiger partial charge on any atom is -0.382 e. The summed E-state index contributed by atoms with van der Waals surface area (Å²) in [5.74, 6) is 0.379. The number of anilines is 1. The van der Waals surface area contributed by atoms with Gasteiger partial charge >= 0.3 is 0 Å². The maximum atomic E-state index is 9.04. The van der Waals surface area contributed by atoms with Crippen molar-refractivity contribution < 1.29 is 0 Å². The van der Waals surface area contributed by atoms with Crippen LogP contribution in [0.1, 0.15) is 5.56 Å². The summed E-state index contributed by atoms with van der Waals surface area (Å²) in [5.41, 5.74) is 10.5. The monoisotopic (exact) mass is 312 g/mol. The molecule has 24 heavy (non-hydrogen) atoms. The zero-order chi connectivity index (χ0) is 16.5. The molecule has 6 nitrogen and oxygen atoms in total. The van der Waals surface area contributed by atoms with Crippen LogP contribution in [0.5, 0.6) is 0 Å². The Morgan fingerprint density at radius 3 is 2.75 bits per heavy atom. The molecule has 0 radical (unpaired) electrons. The number of nitrogen functional groups attached to an aromatic ring is 1.